The number of aromatic hydroxyl groups is 2. The average molecular weight is 392 g/mol. The van der Waals surface area contributed by atoms with E-state index in [1.807, 2.05) is 30.5 Å². The molecule has 3 N–H and O–H groups in total. The second-order valence-electron chi connectivity index (χ2n) is 7.73. The van der Waals surface area contributed by atoms with Gasteiger partial charge in [-0.25, -0.2) is 0 Å². The van der Waals surface area contributed by atoms with Gasteiger partial charge in [0.15, 0.2) is 5.82 Å². The number of hydrogen-bond acceptors (Lipinski definition) is 6. The van der Waals surface area contributed by atoms with Crippen LogP contribution >= 0.6 is 0 Å². The van der Waals surface area contributed by atoms with Crippen LogP contribution in [0.2, 0.25) is 0 Å². The second-order valence-corrected chi connectivity index (χ2v) is 7.73. The van der Waals surface area contributed by atoms with Gasteiger partial charge in [0.1, 0.15) is 24.1 Å². The molecule has 0 spiro atoms. The minimum absolute atomic E-state index is 0.0496. The number of nitrogens with one attached hydrogen (secondary N) is 1. The molecule has 1 atom stereocenters. The van der Waals surface area contributed by atoms with Gasteiger partial charge >= 0.3 is 0 Å². The van der Waals surface area contributed by atoms with E-state index in [1.54, 1.807) is 12.4 Å². The summed E-state index contributed by atoms with van der Waals surface area (Å²) in [7, 11) is 0. The van der Waals surface area contributed by atoms with Crippen LogP contribution in [0.15, 0.2) is 36.7 Å². The Bertz CT molecular complexity index is 1060. The van der Waals surface area contributed by atoms with Crippen molar-refractivity contribution in [1.29, 1.82) is 0 Å². The number of rotatable bonds is 4. The lowest BCUT2D eigenvalue weighted by Gasteiger charge is -2.15. The van der Waals surface area contributed by atoms with Crippen LogP contribution in [0.25, 0.3) is 17.1 Å². The summed E-state index contributed by atoms with van der Waals surface area (Å²) in [5, 5.41) is 32.1. The summed E-state index contributed by atoms with van der Waals surface area (Å²) < 4.78 is 1.82. The summed E-state index contributed by atoms with van der Waals surface area (Å²) in [6.07, 6.45) is 5.18. The van der Waals surface area contributed by atoms with Gasteiger partial charge in [-0.05, 0) is 60.6 Å². The Hall–Kier alpha value is -3.35. The molecule has 29 heavy (non-hydrogen) atoms. The largest absolute Gasteiger partial charge is 0.508 e. The summed E-state index contributed by atoms with van der Waals surface area (Å²) in [4.78, 5) is 11.2. The summed E-state index contributed by atoms with van der Waals surface area (Å²) in [5.74, 6) is 0.603. The molecule has 1 aliphatic heterocycles. The Kier molecular flexibility index (Phi) is 4.96. The number of anilines is 1. The molecule has 3 aromatic rings. The lowest BCUT2D eigenvalue weighted by molar-refractivity contribution is -0.108. The van der Waals surface area contributed by atoms with E-state index in [-0.39, 0.29) is 23.5 Å². The SMILES string of the molecule is CC(C)c1cc(-c2nncn2-c2ccc3c(c2)CCCC(C=O)N3)c(O)cc1O. The van der Waals surface area contributed by atoms with Gasteiger partial charge in [-0.2, -0.15) is 0 Å². The van der Waals surface area contributed by atoms with E-state index < -0.39 is 0 Å². The maximum Gasteiger partial charge on any atom is 0.172 e. The first-order chi connectivity index (χ1) is 14.0. The minimum atomic E-state index is -0.157. The van der Waals surface area contributed by atoms with Crippen molar-refractivity contribution in [3.05, 3.63) is 47.8 Å². The third-order valence-electron chi connectivity index (χ3n) is 5.39. The zero-order valence-corrected chi connectivity index (χ0v) is 16.5. The fourth-order valence-electron chi connectivity index (χ4n) is 3.81. The monoisotopic (exact) mass is 392 g/mol. The number of carbonyl (C=O) groups excluding carboxylic acids is 1. The predicted octanol–water partition coefficient (Wildman–Crippen LogP) is 3.78. The fourth-order valence-corrected chi connectivity index (χ4v) is 3.81. The zero-order valence-electron chi connectivity index (χ0n) is 16.5. The highest BCUT2D eigenvalue weighted by atomic mass is 16.3. The van der Waals surface area contributed by atoms with Gasteiger partial charge in [0, 0.05) is 17.4 Å². The van der Waals surface area contributed by atoms with E-state index in [0.29, 0.717) is 11.4 Å². The van der Waals surface area contributed by atoms with Crippen molar-refractivity contribution in [3.8, 4) is 28.6 Å². The van der Waals surface area contributed by atoms with Crippen LogP contribution in [0.3, 0.4) is 0 Å². The summed E-state index contributed by atoms with van der Waals surface area (Å²) >= 11 is 0. The standard InChI is InChI=1S/C22H24N4O3/c1-13(2)17-9-18(21(29)10-20(17)28)22-25-23-12-26(22)16-6-7-19-14(8-16)4-3-5-15(11-27)24-19/h6-13,15,24,28-29H,3-5H2,1-2H3. The number of hydrogen-bond donors (Lipinski definition) is 3. The highest BCUT2D eigenvalue weighted by Crippen LogP contribution is 2.38. The Morgan fingerprint density at radius 1 is 1.21 bits per heavy atom. The topological polar surface area (TPSA) is 100 Å². The molecular formula is C22H24N4O3. The van der Waals surface area contributed by atoms with Crippen molar-refractivity contribution in [1.82, 2.24) is 14.8 Å². The first-order valence-corrected chi connectivity index (χ1v) is 9.79. The maximum absolute atomic E-state index is 11.2. The molecule has 4 rings (SSSR count). The van der Waals surface area contributed by atoms with Gasteiger partial charge < -0.3 is 20.3 Å². The smallest absolute Gasteiger partial charge is 0.172 e. The number of benzene rings is 2. The summed E-state index contributed by atoms with van der Waals surface area (Å²) in [6.45, 7) is 3.96. The Morgan fingerprint density at radius 3 is 2.79 bits per heavy atom. The number of carbonyl (C=O) groups is 1. The van der Waals surface area contributed by atoms with Gasteiger partial charge in [0.2, 0.25) is 0 Å². The van der Waals surface area contributed by atoms with E-state index in [4.69, 9.17) is 0 Å². The van der Waals surface area contributed by atoms with Crippen molar-refractivity contribution in [2.24, 2.45) is 0 Å². The van der Waals surface area contributed by atoms with Crippen LogP contribution in [-0.4, -0.2) is 37.3 Å². The van der Waals surface area contributed by atoms with Gasteiger partial charge in [-0.1, -0.05) is 13.8 Å². The zero-order chi connectivity index (χ0) is 20.5. The molecule has 1 aliphatic rings. The number of aromatic nitrogens is 3. The van der Waals surface area contributed by atoms with Gasteiger partial charge in [-0.3, -0.25) is 4.57 Å². The number of phenolic OH excluding ortho intramolecular Hbond substituents is 2. The Balaban J connectivity index is 1.77. The summed E-state index contributed by atoms with van der Waals surface area (Å²) in [5.41, 5.74) is 4.21. The predicted molar refractivity (Wildman–Crippen MR) is 111 cm³/mol. The third kappa shape index (κ3) is 3.55. The van der Waals surface area contributed by atoms with Gasteiger partial charge in [-0.15, -0.1) is 10.2 Å². The first kappa shape index (κ1) is 19.0. The molecule has 0 saturated carbocycles. The molecule has 7 nitrogen and oxygen atoms in total. The molecule has 0 aliphatic carbocycles. The first-order valence-electron chi connectivity index (χ1n) is 9.79. The van der Waals surface area contributed by atoms with Crippen LogP contribution in [0.1, 0.15) is 43.7 Å². The number of nitrogens with zero attached hydrogens (tertiary/aromatic N) is 3. The highest BCUT2D eigenvalue weighted by Gasteiger charge is 2.20. The van der Waals surface area contributed by atoms with E-state index in [9.17, 15) is 15.0 Å². The lowest BCUT2D eigenvalue weighted by Crippen LogP contribution is -2.19. The molecule has 0 saturated heterocycles. The van der Waals surface area contributed by atoms with Crippen LogP contribution in [0.4, 0.5) is 5.69 Å². The fraction of sp³-hybridized carbons (Fsp3) is 0.318. The molecule has 0 radical (unpaired) electrons. The van der Waals surface area contributed by atoms with Gasteiger partial charge in [0.25, 0.3) is 0 Å². The normalized spacial score (nSPS) is 16.2. The Morgan fingerprint density at radius 2 is 2.03 bits per heavy atom. The molecule has 0 fully saturated rings. The van der Waals surface area contributed by atoms with Crippen LogP contribution < -0.4 is 5.32 Å². The molecular weight excluding hydrogens is 368 g/mol. The quantitative estimate of drug-likeness (QED) is 0.584. The highest BCUT2D eigenvalue weighted by molar-refractivity contribution is 5.71. The molecule has 1 aromatic heterocycles. The lowest BCUT2D eigenvalue weighted by atomic mass is 9.98. The molecule has 150 valence electrons. The maximum atomic E-state index is 11.2. The van der Waals surface area contributed by atoms with E-state index in [1.165, 1.54) is 6.07 Å². The molecule has 0 amide bonds. The number of aldehydes is 1. The van der Waals surface area contributed by atoms with E-state index in [2.05, 4.69) is 21.6 Å². The second kappa shape index (κ2) is 7.58. The average Bonchev–Trinajstić information content (AvgIpc) is 3.07. The molecule has 0 bridgehead atoms. The molecule has 2 aromatic carbocycles. The number of aryl methyl sites for hydroxylation is 1. The number of phenols is 2. The molecule has 2 heterocycles. The van der Waals surface area contributed by atoms with Crippen molar-refractivity contribution in [2.75, 3.05) is 5.32 Å². The van der Waals surface area contributed by atoms with Crippen molar-refractivity contribution in [3.63, 3.8) is 0 Å². The van der Waals surface area contributed by atoms with Crippen molar-refractivity contribution < 1.29 is 15.0 Å². The molecule has 7 heteroatoms. The van der Waals surface area contributed by atoms with Crippen LogP contribution in [-0.2, 0) is 11.2 Å². The third-order valence-corrected chi connectivity index (χ3v) is 5.39. The van der Waals surface area contributed by atoms with E-state index >= 15 is 0 Å². The summed E-state index contributed by atoms with van der Waals surface area (Å²) in [6, 6.07) is 8.92. The van der Waals surface area contributed by atoms with E-state index in [0.717, 1.165) is 48.1 Å². The van der Waals surface area contributed by atoms with Crippen LogP contribution in [0, 0.1) is 0 Å². The minimum Gasteiger partial charge on any atom is -0.508 e. The van der Waals surface area contributed by atoms with Gasteiger partial charge in [0.05, 0.1) is 11.6 Å². The van der Waals surface area contributed by atoms with Crippen LogP contribution in [0.5, 0.6) is 11.5 Å². The molecule has 1 unspecified atom stereocenters. The Labute approximate surface area is 169 Å². The van der Waals surface area contributed by atoms with Crippen molar-refractivity contribution in [2.45, 2.75) is 45.1 Å². The number of fused-ring (bicyclic) bond motifs is 1. The van der Waals surface area contributed by atoms with Crippen molar-refractivity contribution >= 4 is 12.0 Å².